The lowest BCUT2D eigenvalue weighted by molar-refractivity contribution is -0.385. The minimum atomic E-state index is -0.677. The van der Waals surface area contributed by atoms with Crippen molar-refractivity contribution in [3.8, 4) is 0 Å². The number of hydrogen-bond acceptors (Lipinski definition) is 4. The van der Waals surface area contributed by atoms with Crippen LogP contribution < -0.4 is 0 Å². The lowest BCUT2D eigenvalue weighted by Gasteiger charge is -2.26. The average molecular weight is 286 g/mol. The van der Waals surface area contributed by atoms with Crippen molar-refractivity contribution in [2.24, 2.45) is 0 Å². The molecule has 0 aliphatic carbocycles. The third-order valence-electron chi connectivity index (χ3n) is 3.10. The summed E-state index contributed by atoms with van der Waals surface area (Å²) in [4.78, 5) is 27.8. The first-order chi connectivity index (χ1) is 8.93. The third-order valence-corrected chi connectivity index (χ3v) is 3.38. The predicted octanol–water partition coefficient (Wildman–Crippen LogP) is 2.90. The van der Waals surface area contributed by atoms with Crippen LogP contribution in [0, 0.1) is 10.1 Å². The topological polar surface area (TPSA) is 76.3 Å². The second-order valence-corrected chi connectivity index (χ2v) is 4.50. The molecule has 7 heteroatoms. The fourth-order valence-electron chi connectivity index (χ4n) is 1.97. The van der Waals surface area contributed by atoms with Crippen LogP contribution in [-0.4, -0.2) is 33.8 Å². The summed E-state index contributed by atoms with van der Waals surface area (Å²) in [5, 5.41) is 10.7. The number of rotatable bonds is 5. The molecule has 19 heavy (non-hydrogen) atoms. The molecule has 0 aliphatic rings. The van der Waals surface area contributed by atoms with Crippen molar-refractivity contribution >= 4 is 23.2 Å². The van der Waals surface area contributed by atoms with Crippen LogP contribution in [-0.2, 0) is 0 Å². The standard InChI is InChI=1S/C12H16ClN3O3/c1-4-8(5-2)15(3)12(17)9-6-7-14-11(13)10(9)16(18)19/h6-8H,4-5H2,1-3H3. The Morgan fingerprint density at radius 3 is 2.58 bits per heavy atom. The smallest absolute Gasteiger partial charge is 0.319 e. The predicted molar refractivity (Wildman–Crippen MR) is 72.4 cm³/mol. The first kappa shape index (κ1) is 15.4. The first-order valence-corrected chi connectivity index (χ1v) is 6.37. The van der Waals surface area contributed by atoms with Crippen molar-refractivity contribution in [2.75, 3.05) is 7.05 Å². The van der Waals surface area contributed by atoms with Gasteiger partial charge in [-0.3, -0.25) is 14.9 Å². The van der Waals surface area contributed by atoms with E-state index in [0.29, 0.717) is 0 Å². The summed E-state index contributed by atoms with van der Waals surface area (Å²) in [7, 11) is 1.64. The van der Waals surface area contributed by atoms with Crippen LogP contribution in [0.2, 0.25) is 5.15 Å². The molecular formula is C12H16ClN3O3. The van der Waals surface area contributed by atoms with E-state index in [-0.39, 0.29) is 16.8 Å². The molecule has 0 radical (unpaired) electrons. The Kier molecular flexibility index (Phi) is 5.23. The molecule has 0 bridgehead atoms. The number of hydrogen-bond donors (Lipinski definition) is 0. The maximum atomic E-state index is 12.3. The maximum absolute atomic E-state index is 12.3. The van der Waals surface area contributed by atoms with Crippen LogP contribution in [0.15, 0.2) is 12.3 Å². The maximum Gasteiger partial charge on any atom is 0.319 e. The number of pyridine rings is 1. The molecule has 104 valence electrons. The van der Waals surface area contributed by atoms with Gasteiger partial charge in [0.25, 0.3) is 5.91 Å². The van der Waals surface area contributed by atoms with E-state index in [1.807, 2.05) is 13.8 Å². The van der Waals surface area contributed by atoms with Gasteiger partial charge in [-0.05, 0) is 18.9 Å². The summed E-state index contributed by atoms with van der Waals surface area (Å²) in [6.07, 6.45) is 2.86. The van der Waals surface area contributed by atoms with Crippen LogP contribution in [0.5, 0.6) is 0 Å². The zero-order valence-electron chi connectivity index (χ0n) is 11.1. The highest BCUT2D eigenvalue weighted by molar-refractivity contribution is 6.32. The van der Waals surface area contributed by atoms with Gasteiger partial charge in [-0.15, -0.1) is 0 Å². The van der Waals surface area contributed by atoms with Gasteiger partial charge in [-0.25, -0.2) is 4.98 Å². The number of nitro groups is 1. The van der Waals surface area contributed by atoms with E-state index < -0.39 is 16.5 Å². The highest BCUT2D eigenvalue weighted by Gasteiger charge is 2.28. The van der Waals surface area contributed by atoms with Gasteiger partial charge >= 0.3 is 5.69 Å². The number of nitrogens with zero attached hydrogens (tertiary/aromatic N) is 3. The number of halogens is 1. The molecule has 0 aliphatic heterocycles. The van der Waals surface area contributed by atoms with Crippen molar-refractivity contribution < 1.29 is 9.72 Å². The second-order valence-electron chi connectivity index (χ2n) is 4.14. The Morgan fingerprint density at radius 2 is 2.11 bits per heavy atom. The molecule has 0 saturated heterocycles. The molecule has 0 spiro atoms. The van der Waals surface area contributed by atoms with Crippen molar-refractivity contribution in [1.82, 2.24) is 9.88 Å². The monoisotopic (exact) mass is 285 g/mol. The molecule has 0 aromatic carbocycles. The normalized spacial score (nSPS) is 10.6. The molecule has 0 N–H and O–H groups in total. The van der Waals surface area contributed by atoms with E-state index in [1.165, 1.54) is 17.2 Å². The van der Waals surface area contributed by atoms with Crippen LogP contribution in [0.1, 0.15) is 37.0 Å². The van der Waals surface area contributed by atoms with Gasteiger partial charge in [0.2, 0.25) is 5.15 Å². The van der Waals surface area contributed by atoms with Crippen LogP contribution in [0.4, 0.5) is 5.69 Å². The quantitative estimate of drug-likeness (QED) is 0.473. The van der Waals surface area contributed by atoms with Gasteiger partial charge in [-0.2, -0.15) is 0 Å². The summed E-state index contributed by atoms with van der Waals surface area (Å²) in [5.41, 5.74) is -0.466. The van der Waals surface area contributed by atoms with Gasteiger partial charge in [0.15, 0.2) is 0 Å². The van der Waals surface area contributed by atoms with Crippen LogP contribution in [0.3, 0.4) is 0 Å². The van der Waals surface area contributed by atoms with E-state index in [4.69, 9.17) is 11.6 Å². The Bertz CT molecular complexity index is 489. The van der Waals surface area contributed by atoms with Crippen molar-refractivity contribution in [3.63, 3.8) is 0 Å². The lowest BCUT2D eigenvalue weighted by Crippen LogP contribution is -2.36. The molecule has 0 atom stereocenters. The third kappa shape index (κ3) is 3.20. The minimum absolute atomic E-state index is 0.0283. The summed E-state index contributed by atoms with van der Waals surface area (Å²) >= 11 is 5.70. The Hall–Kier alpha value is -1.69. The Morgan fingerprint density at radius 1 is 1.53 bits per heavy atom. The second kappa shape index (κ2) is 6.47. The van der Waals surface area contributed by atoms with E-state index in [2.05, 4.69) is 4.98 Å². The fourth-order valence-corrected chi connectivity index (χ4v) is 2.19. The first-order valence-electron chi connectivity index (χ1n) is 6.00. The van der Waals surface area contributed by atoms with Gasteiger partial charge in [0.05, 0.1) is 4.92 Å². The summed E-state index contributed by atoms with van der Waals surface area (Å²) in [5.74, 6) is -0.412. The molecule has 0 fully saturated rings. The SMILES string of the molecule is CCC(CC)N(C)C(=O)c1ccnc(Cl)c1[N+](=O)[O-]. The largest absolute Gasteiger partial charge is 0.339 e. The minimum Gasteiger partial charge on any atom is -0.339 e. The molecule has 1 aromatic rings. The average Bonchev–Trinajstić information content (AvgIpc) is 2.38. The summed E-state index contributed by atoms with van der Waals surface area (Å²) in [6.45, 7) is 3.93. The number of amides is 1. The van der Waals surface area contributed by atoms with E-state index in [0.717, 1.165) is 12.8 Å². The van der Waals surface area contributed by atoms with Gasteiger partial charge in [-0.1, -0.05) is 25.4 Å². The summed E-state index contributed by atoms with van der Waals surface area (Å²) < 4.78 is 0. The van der Waals surface area contributed by atoms with Crippen LogP contribution >= 0.6 is 11.6 Å². The number of carbonyl (C=O) groups excluding carboxylic acids is 1. The van der Waals surface area contributed by atoms with E-state index in [1.54, 1.807) is 7.05 Å². The molecule has 1 amide bonds. The Labute approximate surface area is 116 Å². The zero-order chi connectivity index (χ0) is 14.6. The van der Waals surface area contributed by atoms with Gasteiger partial charge in [0.1, 0.15) is 5.56 Å². The molecule has 0 unspecified atom stereocenters. The molecule has 6 nitrogen and oxygen atoms in total. The number of aromatic nitrogens is 1. The van der Waals surface area contributed by atoms with Crippen molar-refractivity contribution in [2.45, 2.75) is 32.7 Å². The zero-order valence-corrected chi connectivity index (χ0v) is 11.8. The highest BCUT2D eigenvalue weighted by Crippen LogP contribution is 2.27. The highest BCUT2D eigenvalue weighted by atomic mass is 35.5. The molecule has 1 heterocycles. The van der Waals surface area contributed by atoms with E-state index >= 15 is 0 Å². The van der Waals surface area contributed by atoms with Gasteiger partial charge in [0, 0.05) is 19.3 Å². The Balaban J connectivity index is 3.20. The van der Waals surface area contributed by atoms with E-state index in [9.17, 15) is 14.9 Å². The molecule has 1 aromatic heterocycles. The van der Waals surface area contributed by atoms with Gasteiger partial charge < -0.3 is 4.90 Å². The molecule has 0 saturated carbocycles. The summed E-state index contributed by atoms with van der Waals surface area (Å²) in [6, 6.07) is 1.37. The lowest BCUT2D eigenvalue weighted by atomic mass is 10.1. The fraction of sp³-hybridized carbons (Fsp3) is 0.500. The molecular weight excluding hydrogens is 270 g/mol. The molecule has 1 rings (SSSR count). The number of carbonyl (C=O) groups is 1. The van der Waals surface area contributed by atoms with Crippen molar-refractivity contribution in [1.29, 1.82) is 0 Å². The van der Waals surface area contributed by atoms with Crippen LogP contribution in [0.25, 0.3) is 0 Å². The van der Waals surface area contributed by atoms with Crippen molar-refractivity contribution in [3.05, 3.63) is 33.1 Å².